The molecule has 0 aliphatic heterocycles. The molecule has 0 spiro atoms. The van der Waals surface area contributed by atoms with Crippen molar-refractivity contribution in [3.63, 3.8) is 0 Å². The summed E-state index contributed by atoms with van der Waals surface area (Å²) in [4.78, 5) is 31.7. The van der Waals surface area contributed by atoms with E-state index in [0.29, 0.717) is 38.6 Å². The van der Waals surface area contributed by atoms with E-state index in [4.69, 9.17) is 25.2 Å². The normalized spacial score (nSPS) is 11.5. The Bertz CT molecular complexity index is 1910. The Balaban J connectivity index is 1.54. The van der Waals surface area contributed by atoms with Crippen molar-refractivity contribution in [2.75, 3.05) is 17.5 Å². The summed E-state index contributed by atoms with van der Waals surface area (Å²) in [5.74, 6) is -0.412. The van der Waals surface area contributed by atoms with Gasteiger partial charge in [0.05, 0.1) is 30.0 Å². The van der Waals surface area contributed by atoms with Crippen LogP contribution in [0, 0.1) is 6.92 Å². The zero-order valence-electron chi connectivity index (χ0n) is 24.3. The number of amides is 1. The first-order valence-corrected chi connectivity index (χ1v) is 15.7. The van der Waals surface area contributed by atoms with Crippen molar-refractivity contribution in [2.24, 2.45) is 0 Å². The number of ether oxygens (including phenoxy) is 1. The van der Waals surface area contributed by atoms with E-state index in [9.17, 15) is 18.0 Å². The molecule has 0 atom stereocenters. The number of carbonyl (C=O) groups is 2. The van der Waals surface area contributed by atoms with Crippen LogP contribution in [0.15, 0.2) is 92.9 Å². The number of hydrogen-bond acceptors (Lipinski definition) is 8. The molecule has 0 fully saturated rings. The average Bonchev–Trinajstić information content (AvgIpc) is 3.65. The molecule has 12 heteroatoms. The minimum absolute atomic E-state index is 0.00376. The van der Waals surface area contributed by atoms with Gasteiger partial charge in [-0.2, -0.15) is 0 Å². The van der Waals surface area contributed by atoms with E-state index in [2.05, 4.69) is 4.98 Å². The summed E-state index contributed by atoms with van der Waals surface area (Å²) in [7, 11) is -4.13. The number of esters is 1. The molecule has 0 N–H and O–H groups in total. The molecule has 0 saturated carbocycles. The summed E-state index contributed by atoms with van der Waals surface area (Å²) in [6.45, 7) is 5.48. The molecule has 1 amide bonds. The fourth-order valence-corrected chi connectivity index (χ4v) is 6.65. The first-order chi connectivity index (χ1) is 21.1. The van der Waals surface area contributed by atoms with Crippen LogP contribution in [0.25, 0.3) is 11.0 Å². The van der Waals surface area contributed by atoms with Gasteiger partial charge < -0.3 is 18.5 Å². The minimum Gasteiger partial charge on any atom is -0.467 e. The third-order valence-electron chi connectivity index (χ3n) is 7.01. The van der Waals surface area contributed by atoms with E-state index in [-0.39, 0.29) is 48.5 Å². The number of aryl methyl sites for hydroxylation is 1. The number of furan rings is 2. The predicted octanol–water partition coefficient (Wildman–Crippen LogP) is 6.62. The Morgan fingerprint density at radius 1 is 1.00 bits per heavy atom. The van der Waals surface area contributed by atoms with Gasteiger partial charge in [-0.1, -0.05) is 17.7 Å². The maximum Gasteiger partial charge on any atom is 0.374 e. The molecular weight excluding hydrogens is 606 g/mol. The van der Waals surface area contributed by atoms with Crippen molar-refractivity contribution in [2.45, 2.75) is 38.8 Å². The van der Waals surface area contributed by atoms with Crippen molar-refractivity contribution in [3.8, 4) is 0 Å². The predicted molar refractivity (Wildman–Crippen MR) is 165 cm³/mol. The number of anilines is 1. The van der Waals surface area contributed by atoms with E-state index < -0.39 is 16.0 Å². The number of carbonyl (C=O) groups excluding carboxylic acids is 2. The first-order valence-electron chi connectivity index (χ1n) is 13.9. The summed E-state index contributed by atoms with van der Waals surface area (Å²) >= 11 is 6.40. The zero-order chi connectivity index (χ0) is 31.4. The summed E-state index contributed by atoms with van der Waals surface area (Å²) in [6, 6.07) is 17.8. The highest BCUT2D eigenvalue weighted by molar-refractivity contribution is 7.92. The molecule has 10 nitrogen and oxygen atoms in total. The van der Waals surface area contributed by atoms with Crippen molar-refractivity contribution >= 4 is 50.2 Å². The lowest BCUT2D eigenvalue weighted by molar-refractivity contribution is 0.0491. The van der Waals surface area contributed by atoms with Gasteiger partial charge in [0.1, 0.15) is 17.0 Å². The number of fused-ring (bicyclic) bond motifs is 1. The van der Waals surface area contributed by atoms with Gasteiger partial charge in [0.15, 0.2) is 0 Å². The van der Waals surface area contributed by atoms with Crippen LogP contribution in [-0.4, -0.2) is 43.3 Å². The van der Waals surface area contributed by atoms with Crippen molar-refractivity contribution < 1.29 is 31.6 Å². The average molecular weight is 636 g/mol. The second kappa shape index (κ2) is 12.9. The van der Waals surface area contributed by atoms with Crippen molar-refractivity contribution in [3.05, 3.63) is 113 Å². The van der Waals surface area contributed by atoms with E-state index in [1.54, 1.807) is 69.3 Å². The summed E-state index contributed by atoms with van der Waals surface area (Å²) < 4.78 is 45.9. The Morgan fingerprint density at radius 3 is 2.50 bits per heavy atom. The Labute approximate surface area is 259 Å². The molecule has 5 rings (SSSR count). The largest absolute Gasteiger partial charge is 0.467 e. The third-order valence-corrected chi connectivity index (χ3v) is 9.13. The standard InChI is InChI=1S/C32H30ClN3O7S/c1-4-36(44(39,40)25-12-14-29-26(18-25)21(3)30(43-29)32(38)41-5-2)28-13-11-23(33)17-22(28)19-35(20-24-9-8-16-42-24)31(37)27-10-6-7-15-34-27/h6-18H,4-5,19-20H2,1-3H3. The molecular formula is C32H30ClN3O7S. The Morgan fingerprint density at radius 2 is 1.82 bits per heavy atom. The molecule has 0 aliphatic rings. The lowest BCUT2D eigenvalue weighted by Crippen LogP contribution is -2.34. The van der Waals surface area contributed by atoms with Gasteiger partial charge in [0, 0.05) is 35.3 Å². The van der Waals surface area contributed by atoms with Crippen LogP contribution in [0.2, 0.25) is 5.02 Å². The number of aromatic nitrogens is 1. The highest BCUT2D eigenvalue weighted by atomic mass is 35.5. The number of rotatable bonds is 11. The van der Waals surface area contributed by atoms with Gasteiger partial charge in [-0.3, -0.25) is 14.1 Å². The molecule has 5 aromatic rings. The van der Waals surface area contributed by atoms with E-state index in [1.165, 1.54) is 39.9 Å². The van der Waals surface area contributed by atoms with Crippen LogP contribution in [0.5, 0.6) is 0 Å². The zero-order valence-corrected chi connectivity index (χ0v) is 25.9. The quantitative estimate of drug-likeness (QED) is 0.148. The molecule has 2 aromatic carbocycles. The molecule has 0 unspecified atom stereocenters. The van der Waals surface area contributed by atoms with Crippen LogP contribution in [0.3, 0.4) is 0 Å². The fraction of sp³-hybridized carbons (Fsp3) is 0.219. The number of hydrogen-bond donors (Lipinski definition) is 0. The number of nitrogens with zero attached hydrogens (tertiary/aromatic N) is 3. The SMILES string of the molecule is CCOC(=O)c1oc2ccc(S(=O)(=O)N(CC)c3ccc(Cl)cc3CN(Cc3ccco3)C(=O)c3ccccn3)cc2c1C. The molecule has 44 heavy (non-hydrogen) atoms. The number of benzene rings is 2. The van der Waals surface area contributed by atoms with E-state index in [0.717, 1.165) is 0 Å². The van der Waals surface area contributed by atoms with Gasteiger partial charge in [-0.25, -0.2) is 13.2 Å². The molecule has 3 aromatic heterocycles. The highest BCUT2D eigenvalue weighted by Gasteiger charge is 2.29. The molecule has 228 valence electrons. The minimum atomic E-state index is -4.13. The lowest BCUT2D eigenvalue weighted by Gasteiger charge is -2.28. The second-order valence-corrected chi connectivity index (χ2v) is 12.1. The number of pyridine rings is 1. The van der Waals surface area contributed by atoms with Gasteiger partial charge in [0.25, 0.3) is 15.9 Å². The third kappa shape index (κ3) is 6.20. The van der Waals surface area contributed by atoms with Crippen LogP contribution < -0.4 is 4.31 Å². The van der Waals surface area contributed by atoms with Crippen molar-refractivity contribution in [1.29, 1.82) is 0 Å². The second-order valence-electron chi connectivity index (χ2n) is 9.83. The number of sulfonamides is 1. The maximum absolute atomic E-state index is 14.2. The highest BCUT2D eigenvalue weighted by Crippen LogP contribution is 2.34. The topological polar surface area (TPSA) is 123 Å². The molecule has 0 aliphatic carbocycles. The molecule has 3 heterocycles. The Hall–Kier alpha value is -4.61. The van der Waals surface area contributed by atoms with Crippen LogP contribution in [0.4, 0.5) is 5.69 Å². The van der Waals surface area contributed by atoms with Gasteiger partial charge in [-0.15, -0.1) is 0 Å². The Kier molecular flexibility index (Phi) is 9.07. The molecule has 0 saturated heterocycles. The summed E-state index contributed by atoms with van der Waals surface area (Å²) in [5.41, 5.74) is 1.93. The van der Waals surface area contributed by atoms with Crippen LogP contribution in [-0.2, 0) is 27.8 Å². The summed E-state index contributed by atoms with van der Waals surface area (Å²) in [5, 5.41) is 0.856. The van der Waals surface area contributed by atoms with E-state index in [1.807, 2.05) is 0 Å². The lowest BCUT2D eigenvalue weighted by atomic mass is 10.1. The van der Waals surface area contributed by atoms with Gasteiger partial charge >= 0.3 is 5.97 Å². The van der Waals surface area contributed by atoms with E-state index >= 15 is 0 Å². The van der Waals surface area contributed by atoms with Gasteiger partial charge in [0.2, 0.25) is 5.76 Å². The molecule has 0 radical (unpaired) electrons. The van der Waals surface area contributed by atoms with Gasteiger partial charge in [-0.05, 0) is 87.0 Å². The first kappa shape index (κ1) is 30.8. The van der Waals surface area contributed by atoms with Crippen LogP contribution in [0.1, 0.15) is 51.8 Å². The summed E-state index contributed by atoms with van der Waals surface area (Å²) in [6.07, 6.45) is 3.05. The maximum atomic E-state index is 14.2. The fourth-order valence-electron chi connectivity index (χ4n) is 4.92. The monoisotopic (exact) mass is 635 g/mol. The smallest absolute Gasteiger partial charge is 0.374 e. The van der Waals surface area contributed by atoms with Crippen LogP contribution >= 0.6 is 11.6 Å². The van der Waals surface area contributed by atoms with Crippen molar-refractivity contribution in [1.82, 2.24) is 9.88 Å². The molecule has 0 bridgehead atoms. The number of halogens is 1.